The van der Waals surface area contributed by atoms with Gasteiger partial charge >= 0.3 is 11.8 Å². The molecule has 78 valence electrons. The van der Waals surface area contributed by atoms with E-state index < -0.39 is 11.8 Å². The Morgan fingerprint density at radius 3 is 3.14 bits per heavy atom. The zero-order valence-electron chi connectivity index (χ0n) is 7.82. The average Bonchev–Trinajstić information content (AvgIpc) is 2.52. The minimum absolute atomic E-state index is 0.530. The van der Waals surface area contributed by atoms with E-state index >= 15 is 0 Å². The van der Waals surface area contributed by atoms with E-state index in [9.17, 15) is 9.59 Å². The van der Waals surface area contributed by atoms with Crippen molar-refractivity contribution in [2.75, 3.05) is 6.54 Å². The normalized spacial score (nSPS) is 9.79. The second-order valence-corrected chi connectivity index (χ2v) is 2.65. The standard InChI is InChI=1S/C7H12N4O3/c1-2-3-4-8-7(13)14-11-5-9-10-6(11)12/h5H,2-4H2,1H3,(H,8,13)(H,10,12). The third kappa shape index (κ3) is 2.92. The predicted molar refractivity (Wildman–Crippen MR) is 47.7 cm³/mol. The highest BCUT2D eigenvalue weighted by Crippen LogP contribution is 1.82. The molecule has 1 rings (SSSR count). The molecule has 7 heteroatoms. The van der Waals surface area contributed by atoms with E-state index in [4.69, 9.17) is 0 Å². The van der Waals surface area contributed by atoms with E-state index in [2.05, 4.69) is 20.4 Å². The third-order valence-corrected chi connectivity index (χ3v) is 1.50. The molecule has 1 aromatic heterocycles. The first-order valence-corrected chi connectivity index (χ1v) is 4.32. The van der Waals surface area contributed by atoms with Gasteiger partial charge in [0.15, 0.2) is 6.33 Å². The Morgan fingerprint density at radius 1 is 1.79 bits per heavy atom. The Labute approximate surface area is 80.0 Å². The molecule has 0 aliphatic carbocycles. The number of aromatic nitrogens is 3. The SMILES string of the molecule is CCCCNC(=O)On1cn[nH]c1=O. The van der Waals surface area contributed by atoms with Crippen LogP contribution >= 0.6 is 0 Å². The van der Waals surface area contributed by atoms with Crippen LogP contribution in [0.5, 0.6) is 0 Å². The largest absolute Gasteiger partial charge is 0.432 e. The molecule has 0 radical (unpaired) electrons. The molecule has 7 nitrogen and oxygen atoms in total. The lowest BCUT2D eigenvalue weighted by molar-refractivity contribution is 0.128. The molecule has 0 bridgehead atoms. The summed E-state index contributed by atoms with van der Waals surface area (Å²) in [5.41, 5.74) is -0.587. The summed E-state index contributed by atoms with van der Waals surface area (Å²) in [6.45, 7) is 2.54. The molecule has 0 spiro atoms. The molecule has 1 aromatic rings. The topological polar surface area (TPSA) is 89.0 Å². The van der Waals surface area contributed by atoms with Crippen molar-refractivity contribution >= 4 is 6.09 Å². The Bertz CT molecular complexity index is 343. The molecule has 0 saturated carbocycles. The highest BCUT2D eigenvalue weighted by atomic mass is 16.7. The fourth-order valence-electron chi connectivity index (χ4n) is 0.792. The summed E-state index contributed by atoms with van der Waals surface area (Å²) in [5.74, 6) is 0. The summed E-state index contributed by atoms with van der Waals surface area (Å²) in [5, 5.41) is 7.97. The predicted octanol–water partition coefficient (Wildman–Crippen LogP) is -0.490. The molecule has 1 amide bonds. The van der Waals surface area contributed by atoms with Gasteiger partial charge in [-0.3, -0.25) is 0 Å². The van der Waals surface area contributed by atoms with E-state index in [-0.39, 0.29) is 0 Å². The maximum atomic E-state index is 11.0. The van der Waals surface area contributed by atoms with E-state index in [1.54, 1.807) is 0 Å². The number of carbonyl (C=O) groups is 1. The van der Waals surface area contributed by atoms with Gasteiger partial charge in [-0.05, 0) is 6.42 Å². The molecule has 1 heterocycles. The molecule has 2 N–H and O–H groups in total. The summed E-state index contributed by atoms with van der Waals surface area (Å²) in [6.07, 6.45) is 2.27. The summed E-state index contributed by atoms with van der Waals surface area (Å²) in [6, 6.07) is 0. The van der Waals surface area contributed by atoms with Crippen LogP contribution in [-0.4, -0.2) is 27.6 Å². The number of amides is 1. The number of aromatic amines is 1. The highest BCUT2D eigenvalue weighted by Gasteiger charge is 2.04. The van der Waals surface area contributed by atoms with Crippen LogP contribution in [0.25, 0.3) is 0 Å². The number of unbranched alkanes of at least 4 members (excludes halogenated alkanes) is 1. The molecule has 0 fully saturated rings. The Kier molecular flexibility index (Phi) is 3.71. The molecule has 14 heavy (non-hydrogen) atoms. The third-order valence-electron chi connectivity index (χ3n) is 1.50. The smallest absolute Gasteiger partial charge is 0.320 e. The van der Waals surface area contributed by atoms with Crippen LogP contribution in [-0.2, 0) is 0 Å². The van der Waals surface area contributed by atoms with Gasteiger partial charge in [-0.1, -0.05) is 13.3 Å². The van der Waals surface area contributed by atoms with Crippen molar-refractivity contribution in [1.82, 2.24) is 20.2 Å². The maximum absolute atomic E-state index is 11.0. The van der Waals surface area contributed by atoms with E-state index in [0.717, 1.165) is 23.9 Å². The van der Waals surface area contributed by atoms with E-state index in [1.807, 2.05) is 6.92 Å². The van der Waals surface area contributed by atoms with Gasteiger partial charge in [-0.25, -0.2) is 14.7 Å². The number of nitrogens with one attached hydrogen (secondary N) is 2. The lowest BCUT2D eigenvalue weighted by atomic mass is 10.3. The molecular formula is C7H12N4O3. The molecule has 0 atom stereocenters. The zero-order valence-corrected chi connectivity index (χ0v) is 7.82. The number of hydrogen-bond donors (Lipinski definition) is 2. The minimum atomic E-state index is -0.665. The molecule has 0 unspecified atom stereocenters. The van der Waals surface area contributed by atoms with Crippen LogP contribution in [0, 0.1) is 0 Å². The fourth-order valence-corrected chi connectivity index (χ4v) is 0.792. The van der Waals surface area contributed by atoms with Crippen molar-refractivity contribution in [3.05, 3.63) is 16.8 Å². The van der Waals surface area contributed by atoms with E-state index in [0.29, 0.717) is 6.54 Å². The van der Waals surface area contributed by atoms with Gasteiger partial charge in [0, 0.05) is 6.54 Å². The molecule has 0 saturated heterocycles. The van der Waals surface area contributed by atoms with Gasteiger partial charge in [0.25, 0.3) is 0 Å². The van der Waals surface area contributed by atoms with Crippen molar-refractivity contribution in [1.29, 1.82) is 0 Å². The average molecular weight is 200 g/mol. The van der Waals surface area contributed by atoms with Crippen LogP contribution in [0.2, 0.25) is 0 Å². The maximum Gasteiger partial charge on any atom is 0.432 e. The molecular weight excluding hydrogens is 188 g/mol. The molecule has 0 aliphatic heterocycles. The van der Waals surface area contributed by atoms with E-state index in [1.165, 1.54) is 0 Å². The van der Waals surface area contributed by atoms with Crippen molar-refractivity contribution in [3.8, 4) is 0 Å². The van der Waals surface area contributed by atoms with Crippen molar-refractivity contribution < 1.29 is 9.63 Å². The molecule has 0 aromatic carbocycles. The van der Waals surface area contributed by atoms with Gasteiger partial charge in [-0.15, -0.1) is 4.73 Å². The van der Waals surface area contributed by atoms with Crippen LogP contribution in [0.15, 0.2) is 11.1 Å². The number of H-pyrrole nitrogens is 1. The number of carbonyl (C=O) groups excluding carboxylic acids is 1. The van der Waals surface area contributed by atoms with Gasteiger partial charge < -0.3 is 10.2 Å². The Morgan fingerprint density at radius 2 is 2.57 bits per heavy atom. The van der Waals surface area contributed by atoms with Crippen LogP contribution in [0.1, 0.15) is 19.8 Å². The van der Waals surface area contributed by atoms with Crippen LogP contribution in [0.4, 0.5) is 4.79 Å². The lowest BCUT2D eigenvalue weighted by Crippen LogP contribution is -2.36. The van der Waals surface area contributed by atoms with Crippen LogP contribution in [0.3, 0.4) is 0 Å². The second kappa shape index (κ2) is 5.05. The summed E-state index contributed by atoms with van der Waals surface area (Å²) < 4.78 is 0.723. The van der Waals surface area contributed by atoms with Crippen molar-refractivity contribution in [2.45, 2.75) is 19.8 Å². The summed E-state index contributed by atoms with van der Waals surface area (Å²) >= 11 is 0. The first-order valence-electron chi connectivity index (χ1n) is 4.32. The van der Waals surface area contributed by atoms with Crippen LogP contribution < -0.4 is 15.8 Å². The monoisotopic (exact) mass is 200 g/mol. The molecule has 0 aliphatic rings. The summed E-state index contributed by atoms with van der Waals surface area (Å²) in [4.78, 5) is 26.4. The van der Waals surface area contributed by atoms with Gasteiger partial charge in [0.1, 0.15) is 0 Å². The fraction of sp³-hybridized carbons (Fsp3) is 0.571. The Balaban J connectivity index is 2.34. The summed E-state index contributed by atoms with van der Waals surface area (Å²) in [7, 11) is 0. The van der Waals surface area contributed by atoms with Crippen molar-refractivity contribution in [2.24, 2.45) is 0 Å². The Hall–Kier alpha value is -1.79. The number of nitrogens with zero attached hydrogens (tertiary/aromatic N) is 2. The first kappa shape index (κ1) is 10.3. The zero-order chi connectivity index (χ0) is 10.4. The second-order valence-electron chi connectivity index (χ2n) is 2.65. The van der Waals surface area contributed by atoms with Gasteiger partial charge in [0.2, 0.25) is 0 Å². The first-order chi connectivity index (χ1) is 6.74. The minimum Gasteiger partial charge on any atom is -0.320 e. The quantitative estimate of drug-likeness (QED) is 0.642. The van der Waals surface area contributed by atoms with Gasteiger partial charge in [0.05, 0.1) is 0 Å². The number of rotatable bonds is 4. The highest BCUT2D eigenvalue weighted by molar-refractivity contribution is 5.67. The van der Waals surface area contributed by atoms with Gasteiger partial charge in [-0.2, -0.15) is 5.10 Å². The number of hydrogen-bond acceptors (Lipinski definition) is 4. The van der Waals surface area contributed by atoms with Crippen molar-refractivity contribution in [3.63, 3.8) is 0 Å². The lowest BCUT2D eigenvalue weighted by Gasteiger charge is -2.03.